The van der Waals surface area contributed by atoms with Crippen molar-refractivity contribution in [3.63, 3.8) is 0 Å². The summed E-state index contributed by atoms with van der Waals surface area (Å²) in [5.41, 5.74) is 2.57. The van der Waals surface area contributed by atoms with Crippen molar-refractivity contribution in [3.05, 3.63) is 62.5 Å². The second-order valence-electron chi connectivity index (χ2n) is 7.10. The highest BCUT2D eigenvalue weighted by molar-refractivity contribution is 7.21. The highest BCUT2D eigenvalue weighted by Crippen LogP contribution is 2.36. The third-order valence-corrected chi connectivity index (χ3v) is 7.12. The van der Waals surface area contributed by atoms with E-state index in [9.17, 15) is 9.18 Å². The fourth-order valence-electron chi connectivity index (χ4n) is 3.29. The minimum atomic E-state index is -0.267. The minimum Gasteiger partial charge on any atom is -0.480 e. The number of halogens is 1. The number of anilines is 1. The normalized spacial score (nSPS) is 11.2. The van der Waals surface area contributed by atoms with Crippen LogP contribution in [0.2, 0.25) is 0 Å². The molecule has 0 bridgehead atoms. The molecule has 4 aromatic rings. The summed E-state index contributed by atoms with van der Waals surface area (Å²) < 4.78 is 23.7. The number of hydrogen-bond acceptors (Lipinski definition) is 8. The molecule has 0 radical (unpaired) electrons. The molecule has 1 amide bonds. The number of thiazole rings is 1. The number of carbonyl (C=O) groups excluding carboxylic acids is 1. The van der Waals surface area contributed by atoms with Gasteiger partial charge in [-0.25, -0.2) is 14.4 Å². The third kappa shape index (κ3) is 4.47. The van der Waals surface area contributed by atoms with E-state index < -0.39 is 0 Å². The molecule has 1 N–H and O–H groups in total. The molecule has 3 aromatic heterocycles. The van der Waals surface area contributed by atoms with Gasteiger partial charge in [0.15, 0.2) is 11.0 Å². The van der Waals surface area contributed by atoms with Gasteiger partial charge in [-0.15, -0.1) is 22.7 Å². The van der Waals surface area contributed by atoms with Crippen molar-refractivity contribution in [2.45, 2.75) is 26.9 Å². The molecule has 0 saturated carbocycles. The number of nitrogens with zero attached hydrogens (tertiary/aromatic N) is 3. The van der Waals surface area contributed by atoms with Crippen molar-refractivity contribution >= 4 is 43.9 Å². The predicted molar refractivity (Wildman–Crippen MR) is 123 cm³/mol. The van der Waals surface area contributed by atoms with Crippen LogP contribution in [0.4, 0.5) is 9.52 Å². The van der Waals surface area contributed by atoms with Gasteiger partial charge in [0.05, 0.1) is 23.1 Å². The monoisotopic (exact) mass is 472 g/mol. The number of benzene rings is 1. The lowest BCUT2D eigenvalue weighted by Gasteiger charge is -2.05. The number of thiophene rings is 1. The van der Waals surface area contributed by atoms with Gasteiger partial charge in [-0.05, 0) is 37.1 Å². The van der Waals surface area contributed by atoms with Crippen molar-refractivity contribution in [1.29, 1.82) is 0 Å². The summed E-state index contributed by atoms with van der Waals surface area (Å²) in [6.07, 6.45) is 0.622. The molecule has 0 aliphatic carbocycles. The van der Waals surface area contributed by atoms with E-state index in [-0.39, 0.29) is 18.3 Å². The number of rotatable bonds is 7. The maximum absolute atomic E-state index is 13.2. The van der Waals surface area contributed by atoms with Crippen LogP contribution in [0.5, 0.6) is 5.88 Å². The molecular formula is C22H21FN4O3S2. The minimum absolute atomic E-state index is 0.250. The molecular weight excluding hydrogens is 451 g/mol. The largest absolute Gasteiger partial charge is 0.480 e. The second kappa shape index (κ2) is 9.27. The number of hydrogen-bond donors (Lipinski definition) is 1. The maximum atomic E-state index is 13.2. The fraction of sp³-hybridized carbons (Fsp3) is 0.273. The van der Waals surface area contributed by atoms with Gasteiger partial charge in [0.2, 0.25) is 5.88 Å². The Hall–Kier alpha value is -2.95. The molecule has 0 unspecified atom stereocenters. The molecule has 0 fully saturated rings. The van der Waals surface area contributed by atoms with Crippen molar-refractivity contribution in [2.75, 3.05) is 19.5 Å². The average molecular weight is 473 g/mol. The number of carbonyl (C=O) groups is 1. The van der Waals surface area contributed by atoms with Gasteiger partial charge in [0.1, 0.15) is 17.3 Å². The molecule has 7 nitrogen and oxygen atoms in total. The Balaban J connectivity index is 1.59. The zero-order valence-corrected chi connectivity index (χ0v) is 19.6. The van der Waals surface area contributed by atoms with E-state index in [1.807, 2.05) is 13.8 Å². The Bertz CT molecular complexity index is 1280. The van der Waals surface area contributed by atoms with Gasteiger partial charge in [0, 0.05) is 18.4 Å². The highest BCUT2D eigenvalue weighted by atomic mass is 32.1. The zero-order valence-electron chi connectivity index (χ0n) is 18.0. The van der Waals surface area contributed by atoms with E-state index in [1.54, 1.807) is 19.2 Å². The highest BCUT2D eigenvalue weighted by Gasteiger charge is 2.22. The van der Waals surface area contributed by atoms with Gasteiger partial charge in [-0.3, -0.25) is 10.1 Å². The quantitative estimate of drug-likeness (QED) is 0.412. The zero-order chi connectivity index (χ0) is 22.8. The molecule has 166 valence electrons. The first-order valence-corrected chi connectivity index (χ1v) is 11.4. The predicted octanol–water partition coefficient (Wildman–Crippen LogP) is 4.90. The smallest absolute Gasteiger partial charge is 0.267 e. The fourth-order valence-corrected chi connectivity index (χ4v) is 5.37. The Kier molecular flexibility index (Phi) is 6.45. The summed E-state index contributed by atoms with van der Waals surface area (Å²) >= 11 is 2.69. The lowest BCUT2D eigenvalue weighted by atomic mass is 10.1. The van der Waals surface area contributed by atoms with Crippen molar-refractivity contribution in [1.82, 2.24) is 15.0 Å². The van der Waals surface area contributed by atoms with E-state index in [0.29, 0.717) is 33.0 Å². The third-order valence-electron chi connectivity index (χ3n) is 4.87. The number of methoxy groups -OCH3 is 2. The molecule has 0 spiro atoms. The van der Waals surface area contributed by atoms with Crippen molar-refractivity contribution < 1.29 is 18.7 Å². The summed E-state index contributed by atoms with van der Waals surface area (Å²) in [5.74, 6) is 0.382. The molecule has 1 aromatic carbocycles. The molecule has 0 aliphatic rings. The van der Waals surface area contributed by atoms with Crippen LogP contribution in [0.1, 0.15) is 37.2 Å². The van der Waals surface area contributed by atoms with Crippen LogP contribution >= 0.6 is 22.7 Å². The van der Waals surface area contributed by atoms with Crippen LogP contribution in [0.3, 0.4) is 0 Å². The molecule has 10 heteroatoms. The van der Waals surface area contributed by atoms with E-state index in [0.717, 1.165) is 27.1 Å². The first kappa shape index (κ1) is 22.3. The van der Waals surface area contributed by atoms with E-state index in [4.69, 9.17) is 9.47 Å². The Morgan fingerprint density at radius 2 is 1.84 bits per heavy atom. The average Bonchev–Trinajstić information content (AvgIpc) is 3.28. The summed E-state index contributed by atoms with van der Waals surface area (Å²) in [4.78, 5) is 28.6. The van der Waals surface area contributed by atoms with Crippen LogP contribution in [-0.2, 0) is 17.8 Å². The van der Waals surface area contributed by atoms with Crippen LogP contribution in [0, 0.1) is 19.7 Å². The summed E-state index contributed by atoms with van der Waals surface area (Å²) in [7, 11) is 3.11. The number of aryl methyl sites for hydroxylation is 2. The first-order valence-electron chi connectivity index (χ1n) is 9.74. The van der Waals surface area contributed by atoms with E-state index in [2.05, 4.69) is 20.3 Å². The van der Waals surface area contributed by atoms with Gasteiger partial charge in [-0.2, -0.15) is 4.98 Å². The van der Waals surface area contributed by atoms with Crippen LogP contribution in [-0.4, -0.2) is 35.1 Å². The van der Waals surface area contributed by atoms with E-state index >= 15 is 0 Å². The molecule has 0 atom stereocenters. The summed E-state index contributed by atoms with van der Waals surface area (Å²) in [6, 6.07) is 6.38. The van der Waals surface area contributed by atoms with Gasteiger partial charge < -0.3 is 9.47 Å². The number of aromatic nitrogens is 3. The maximum Gasteiger partial charge on any atom is 0.267 e. The van der Waals surface area contributed by atoms with Gasteiger partial charge >= 0.3 is 0 Å². The Morgan fingerprint density at radius 1 is 1.09 bits per heavy atom. The number of nitrogens with one attached hydrogen (secondary N) is 1. The Morgan fingerprint density at radius 3 is 2.53 bits per heavy atom. The second-order valence-corrected chi connectivity index (χ2v) is 9.19. The van der Waals surface area contributed by atoms with Crippen molar-refractivity contribution in [2.24, 2.45) is 0 Å². The first-order chi connectivity index (χ1) is 15.4. The SMILES string of the molecule is COCc1nc(OC)c2c(C)c(C(=O)Nc3nc(C)c(Cc4ccc(F)cc4)s3)sc2n1. The van der Waals surface area contributed by atoms with Crippen LogP contribution in [0.25, 0.3) is 10.2 Å². The van der Waals surface area contributed by atoms with Gasteiger partial charge in [0.25, 0.3) is 5.91 Å². The number of ether oxygens (including phenoxy) is 2. The number of fused-ring (bicyclic) bond motifs is 1. The summed E-state index contributed by atoms with van der Waals surface area (Å²) in [5, 5.41) is 4.13. The van der Waals surface area contributed by atoms with Crippen LogP contribution < -0.4 is 10.1 Å². The summed E-state index contributed by atoms with van der Waals surface area (Å²) in [6.45, 7) is 4.00. The van der Waals surface area contributed by atoms with Gasteiger partial charge in [-0.1, -0.05) is 12.1 Å². The van der Waals surface area contributed by atoms with Crippen LogP contribution in [0.15, 0.2) is 24.3 Å². The number of amides is 1. The van der Waals surface area contributed by atoms with Crippen molar-refractivity contribution in [3.8, 4) is 5.88 Å². The lowest BCUT2D eigenvalue weighted by Crippen LogP contribution is -2.11. The molecule has 0 saturated heterocycles. The Labute approximate surface area is 192 Å². The molecule has 0 aliphatic heterocycles. The topological polar surface area (TPSA) is 86.2 Å². The molecule has 3 heterocycles. The lowest BCUT2D eigenvalue weighted by molar-refractivity contribution is 0.103. The molecule has 4 rings (SSSR count). The molecule has 32 heavy (non-hydrogen) atoms. The van der Waals surface area contributed by atoms with E-state index in [1.165, 1.54) is 41.9 Å². The standard InChI is InChI=1S/C22H21FN4O3S2/c1-11-17-20(30-4)25-16(10-29-3)26-21(17)32-18(11)19(28)27-22-24-12(2)15(31-22)9-13-5-7-14(23)8-6-13/h5-8H,9-10H2,1-4H3,(H,24,27,28).